The van der Waals surface area contributed by atoms with Crippen molar-refractivity contribution in [2.45, 2.75) is 52.0 Å². The Hall–Kier alpha value is -0.520. The molecule has 15 heavy (non-hydrogen) atoms. The number of nitrogens with two attached hydrogens (primary N) is 1. The number of rotatable bonds is 7. The van der Waals surface area contributed by atoms with Gasteiger partial charge in [-0.25, -0.2) is 0 Å². The van der Waals surface area contributed by atoms with Gasteiger partial charge in [0, 0.05) is 0 Å². The highest BCUT2D eigenvalue weighted by Gasteiger charge is 2.14. The largest absolute Gasteiger partial charge is 0.271 e. The van der Waals surface area contributed by atoms with E-state index in [-0.39, 0.29) is 6.04 Å². The second-order valence-corrected chi connectivity index (χ2v) is 4.58. The number of hydrazine groups is 1. The molecular weight excluding hydrogens is 208 g/mol. The molecule has 0 aliphatic carbocycles. The molecule has 1 unspecified atom stereocenters. The lowest BCUT2D eigenvalue weighted by molar-refractivity contribution is 0.486. The van der Waals surface area contributed by atoms with Crippen molar-refractivity contribution in [1.82, 2.24) is 15.0 Å². The normalized spacial score (nSPS) is 13.0. The predicted molar refractivity (Wildman–Crippen MR) is 63.5 cm³/mol. The molecule has 0 fully saturated rings. The Bertz CT molecular complexity index is 274. The molecule has 5 heteroatoms. The third kappa shape index (κ3) is 3.85. The van der Waals surface area contributed by atoms with E-state index in [1.165, 1.54) is 42.1 Å². The van der Waals surface area contributed by atoms with Crippen LogP contribution in [0, 0.1) is 6.92 Å². The van der Waals surface area contributed by atoms with Gasteiger partial charge in [0.2, 0.25) is 0 Å². The van der Waals surface area contributed by atoms with Gasteiger partial charge in [-0.05, 0) is 24.9 Å². The Morgan fingerprint density at radius 2 is 2.20 bits per heavy atom. The van der Waals surface area contributed by atoms with E-state index in [1.807, 2.05) is 6.92 Å². The molecule has 3 N–H and O–H groups in total. The number of nitrogens with one attached hydrogen (secondary N) is 1. The Labute approximate surface area is 95.4 Å². The minimum atomic E-state index is 0.224. The van der Waals surface area contributed by atoms with Crippen LogP contribution in [0.2, 0.25) is 0 Å². The molecule has 1 aromatic rings. The Morgan fingerprint density at radius 3 is 2.73 bits per heavy atom. The zero-order valence-electron chi connectivity index (χ0n) is 9.49. The average Bonchev–Trinajstić information content (AvgIpc) is 2.65. The molecule has 1 atom stereocenters. The van der Waals surface area contributed by atoms with Gasteiger partial charge in [0.15, 0.2) is 0 Å². The zero-order valence-corrected chi connectivity index (χ0v) is 10.3. The third-order valence-corrected chi connectivity index (χ3v) is 3.49. The summed E-state index contributed by atoms with van der Waals surface area (Å²) >= 11 is 1.44. The fraction of sp³-hybridized carbons (Fsp3) is 0.800. The molecule has 0 saturated carbocycles. The summed E-state index contributed by atoms with van der Waals surface area (Å²) in [5, 5.41) is 4.00. The van der Waals surface area contributed by atoms with E-state index in [0.29, 0.717) is 0 Å². The van der Waals surface area contributed by atoms with E-state index in [0.717, 1.165) is 12.1 Å². The molecule has 0 spiro atoms. The summed E-state index contributed by atoms with van der Waals surface area (Å²) in [5.41, 5.74) is 3.85. The van der Waals surface area contributed by atoms with Crippen LogP contribution >= 0.6 is 11.5 Å². The lowest BCUT2D eigenvalue weighted by Crippen LogP contribution is -2.27. The van der Waals surface area contributed by atoms with Crippen LogP contribution in [0.1, 0.15) is 55.6 Å². The molecule has 0 aromatic carbocycles. The number of hydrogen-bond acceptors (Lipinski definition) is 5. The number of unbranched alkanes of at least 4 members (excludes halogenated alkanes) is 3. The molecule has 0 amide bonds. The molecular formula is C10H20N4S. The van der Waals surface area contributed by atoms with Gasteiger partial charge in [0.25, 0.3) is 0 Å². The molecule has 1 rings (SSSR count). The second-order valence-electron chi connectivity index (χ2n) is 3.79. The number of hydrogen-bond donors (Lipinski definition) is 2. The summed E-state index contributed by atoms with van der Waals surface area (Å²) in [6.07, 6.45) is 6.13. The van der Waals surface area contributed by atoms with E-state index < -0.39 is 0 Å². The zero-order chi connectivity index (χ0) is 11.1. The predicted octanol–water partition coefficient (Wildman–Crippen LogP) is 2.32. The molecule has 0 aliphatic rings. The Kier molecular flexibility index (Phi) is 5.75. The van der Waals surface area contributed by atoms with Crippen LogP contribution in [0.4, 0.5) is 0 Å². The van der Waals surface area contributed by atoms with Crippen molar-refractivity contribution in [3.8, 4) is 0 Å². The SMILES string of the molecule is CCCCCCC(NN)c1snnc1C. The smallest absolute Gasteiger partial charge is 0.0773 e. The first kappa shape index (κ1) is 12.5. The molecule has 1 aromatic heterocycles. The lowest BCUT2D eigenvalue weighted by atomic mass is 10.1. The lowest BCUT2D eigenvalue weighted by Gasteiger charge is -2.13. The molecule has 1 heterocycles. The summed E-state index contributed by atoms with van der Waals surface area (Å²) in [5.74, 6) is 5.55. The van der Waals surface area contributed by atoms with Crippen molar-refractivity contribution >= 4 is 11.5 Å². The van der Waals surface area contributed by atoms with Crippen LogP contribution in [0.25, 0.3) is 0 Å². The minimum Gasteiger partial charge on any atom is -0.271 e. The topological polar surface area (TPSA) is 63.8 Å². The highest BCUT2D eigenvalue weighted by molar-refractivity contribution is 7.05. The van der Waals surface area contributed by atoms with E-state index in [4.69, 9.17) is 5.84 Å². The first-order valence-electron chi connectivity index (χ1n) is 5.54. The van der Waals surface area contributed by atoms with E-state index >= 15 is 0 Å². The second kappa shape index (κ2) is 6.87. The van der Waals surface area contributed by atoms with Crippen LogP contribution in [0.5, 0.6) is 0 Å². The van der Waals surface area contributed by atoms with Gasteiger partial charge in [-0.15, -0.1) is 5.10 Å². The number of aromatic nitrogens is 2. The Balaban J connectivity index is 2.39. The van der Waals surface area contributed by atoms with Crippen molar-refractivity contribution in [2.24, 2.45) is 5.84 Å². The summed E-state index contributed by atoms with van der Waals surface area (Å²) < 4.78 is 3.93. The van der Waals surface area contributed by atoms with Crippen molar-refractivity contribution in [3.63, 3.8) is 0 Å². The molecule has 0 aliphatic heterocycles. The van der Waals surface area contributed by atoms with Crippen LogP contribution in [0.3, 0.4) is 0 Å². The van der Waals surface area contributed by atoms with Gasteiger partial charge in [-0.1, -0.05) is 37.1 Å². The first-order chi connectivity index (χ1) is 7.29. The minimum absolute atomic E-state index is 0.224. The van der Waals surface area contributed by atoms with Crippen LogP contribution in [-0.4, -0.2) is 9.59 Å². The van der Waals surface area contributed by atoms with Gasteiger partial charge >= 0.3 is 0 Å². The average molecular weight is 228 g/mol. The fourth-order valence-corrected chi connectivity index (χ4v) is 2.36. The standard InChI is InChI=1S/C10H20N4S/c1-3-4-5-6-7-9(12-11)10-8(2)13-14-15-10/h9,12H,3-7,11H2,1-2H3. The maximum absolute atomic E-state index is 5.55. The van der Waals surface area contributed by atoms with Gasteiger partial charge < -0.3 is 0 Å². The Morgan fingerprint density at radius 1 is 1.40 bits per heavy atom. The summed E-state index contributed by atoms with van der Waals surface area (Å²) in [6, 6.07) is 0.224. The molecule has 0 bridgehead atoms. The van der Waals surface area contributed by atoms with E-state index in [9.17, 15) is 0 Å². The highest BCUT2D eigenvalue weighted by Crippen LogP contribution is 2.24. The van der Waals surface area contributed by atoms with Crippen LogP contribution < -0.4 is 11.3 Å². The number of aryl methyl sites for hydroxylation is 1. The molecule has 0 saturated heterocycles. The van der Waals surface area contributed by atoms with Gasteiger partial charge in [0.05, 0.1) is 16.6 Å². The van der Waals surface area contributed by atoms with Gasteiger partial charge in [0.1, 0.15) is 0 Å². The monoisotopic (exact) mass is 228 g/mol. The van der Waals surface area contributed by atoms with E-state index in [2.05, 4.69) is 21.9 Å². The summed E-state index contributed by atoms with van der Waals surface area (Å²) in [4.78, 5) is 1.17. The van der Waals surface area contributed by atoms with Crippen molar-refractivity contribution in [2.75, 3.05) is 0 Å². The van der Waals surface area contributed by atoms with Crippen LogP contribution in [-0.2, 0) is 0 Å². The van der Waals surface area contributed by atoms with Crippen molar-refractivity contribution in [1.29, 1.82) is 0 Å². The van der Waals surface area contributed by atoms with Crippen molar-refractivity contribution < 1.29 is 0 Å². The molecule has 86 valence electrons. The van der Waals surface area contributed by atoms with Gasteiger partial charge in [-0.2, -0.15) is 0 Å². The van der Waals surface area contributed by atoms with E-state index in [1.54, 1.807) is 0 Å². The maximum Gasteiger partial charge on any atom is 0.0773 e. The highest BCUT2D eigenvalue weighted by atomic mass is 32.1. The van der Waals surface area contributed by atoms with Gasteiger partial charge in [-0.3, -0.25) is 11.3 Å². The van der Waals surface area contributed by atoms with Crippen LogP contribution in [0.15, 0.2) is 0 Å². The number of nitrogens with zero attached hydrogens (tertiary/aromatic N) is 2. The third-order valence-electron chi connectivity index (χ3n) is 2.55. The first-order valence-corrected chi connectivity index (χ1v) is 6.32. The van der Waals surface area contributed by atoms with Crippen molar-refractivity contribution in [3.05, 3.63) is 10.6 Å². The molecule has 4 nitrogen and oxygen atoms in total. The molecule has 0 radical (unpaired) electrons. The summed E-state index contributed by atoms with van der Waals surface area (Å²) in [6.45, 7) is 4.20. The fourth-order valence-electron chi connectivity index (χ4n) is 1.62. The maximum atomic E-state index is 5.55. The quantitative estimate of drug-likeness (QED) is 0.427. The summed E-state index contributed by atoms with van der Waals surface area (Å²) in [7, 11) is 0.